The maximum absolute atomic E-state index is 12.1. The monoisotopic (exact) mass is 254 g/mol. The number of rotatable bonds is 5. The first-order valence-electron chi connectivity index (χ1n) is 5.54. The molecule has 1 unspecified atom stereocenters. The van der Waals surface area contributed by atoms with Crippen molar-refractivity contribution in [2.45, 2.75) is 26.8 Å². The van der Waals surface area contributed by atoms with E-state index in [4.69, 9.17) is 22.4 Å². The summed E-state index contributed by atoms with van der Waals surface area (Å²) in [5.74, 6) is 0.413. The van der Waals surface area contributed by atoms with Gasteiger partial charge in [-0.3, -0.25) is 4.79 Å². The lowest BCUT2D eigenvalue weighted by Gasteiger charge is -2.22. The van der Waals surface area contributed by atoms with Crippen molar-refractivity contribution >= 4 is 23.1 Å². The Morgan fingerprint density at radius 2 is 2.29 bits per heavy atom. The van der Waals surface area contributed by atoms with Crippen molar-refractivity contribution in [3.8, 4) is 0 Å². The Bertz CT molecular complexity index is 414. The Morgan fingerprint density at radius 3 is 2.71 bits per heavy atom. The summed E-state index contributed by atoms with van der Waals surface area (Å²) >= 11 is 4.90. The fraction of sp³-hybridized carbons (Fsp3) is 0.500. The molecule has 0 saturated heterocycles. The Balaban J connectivity index is 2.70. The van der Waals surface area contributed by atoms with Gasteiger partial charge in [-0.25, -0.2) is 0 Å². The largest absolute Gasteiger partial charge is 0.469 e. The second-order valence-electron chi connectivity index (χ2n) is 4.06. The van der Waals surface area contributed by atoms with Gasteiger partial charge in [0.05, 0.1) is 17.2 Å². The molecular formula is C12H18N2O2S. The van der Waals surface area contributed by atoms with E-state index in [-0.39, 0.29) is 16.8 Å². The van der Waals surface area contributed by atoms with Gasteiger partial charge >= 0.3 is 0 Å². The number of hydrogen-bond acceptors (Lipinski definition) is 3. The first-order chi connectivity index (χ1) is 7.97. The van der Waals surface area contributed by atoms with Gasteiger partial charge in [-0.1, -0.05) is 19.1 Å². The molecule has 0 radical (unpaired) electrons. The molecule has 0 fully saturated rings. The van der Waals surface area contributed by atoms with Crippen LogP contribution in [0.4, 0.5) is 0 Å². The predicted octanol–water partition coefficient (Wildman–Crippen LogP) is 1.86. The number of amides is 1. The van der Waals surface area contributed by atoms with E-state index < -0.39 is 0 Å². The molecule has 17 heavy (non-hydrogen) atoms. The zero-order chi connectivity index (χ0) is 13.0. The number of furan rings is 1. The van der Waals surface area contributed by atoms with Crippen LogP contribution in [-0.2, 0) is 11.3 Å². The summed E-state index contributed by atoms with van der Waals surface area (Å²) in [6.07, 6.45) is 2.25. The standard InChI is InChI=1S/C12H18N2O2S/c1-4-10(11(13)17)12(15)14(3)7-9-5-6-16-8(9)2/h5-6,10H,4,7H2,1-3H3,(H2,13,17). The summed E-state index contributed by atoms with van der Waals surface area (Å²) in [6, 6.07) is 1.86. The number of nitrogens with zero attached hydrogens (tertiary/aromatic N) is 1. The Hall–Kier alpha value is -1.36. The minimum atomic E-state index is -0.373. The zero-order valence-corrected chi connectivity index (χ0v) is 11.2. The molecule has 1 aromatic rings. The van der Waals surface area contributed by atoms with Crippen LogP contribution in [0.15, 0.2) is 16.7 Å². The van der Waals surface area contributed by atoms with Crippen molar-refractivity contribution in [2.24, 2.45) is 11.7 Å². The van der Waals surface area contributed by atoms with Gasteiger partial charge in [-0.15, -0.1) is 0 Å². The molecule has 1 atom stereocenters. The number of nitrogens with two attached hydrogens (primary N) is 1. The van der Waals surface area contributed by atoms with E-state index in [1.165, 1.54) is 0 Å². The lowest BCUT2D eigenvalue weighted by atomic mass is 10.1. The summed E-state index contributed by atoms with van der Waals surface area (Å²) in [7, 11) is 1.75. The number of carbonyl (C=O) groups is 1. The minimum absolute atomic E-state index is 0.0411. The molecule has 0 aliphatic heterocycles. The maximum Gasteiger partial charge on any atom is 0.232 e. The Morgan fingerprint density at radius 1 is 1.65 bits per heavy atom. The molecule has 0 aliphatic rings. The molecule has 0 spiro atoms. The normalized spacial score (nSPS) is 12.2. The lowest BCUT2D eigenvalue weighted by Crippen LogP contribution is -2.38. The van der Waals surface area contributed by atoms with E-state index in [0.717, 1.165) is 11.3 Å². The van der Waals surface area contributed by atoms with E-state index >= 15 is 0 Å². The fourth-order valence-corrected chi connectivity index (χ4v) is 1.94. The van der Waals surface area contributed by atoms with Crippen LogP contribution < -0.4 is 5.73 Å². The molecule has 0 bridgehead atoms. The molecule has 0 saturated carbocycles. The SMILES string of the molecule is CCC(C(=O)N(C)Cc1ccoc1C)C(N)=S. The molecular weight excluding hydrogens is 236 g/mol. The summed E-state index contributed by atoms with van der Waals surface area (Å²) in [6.45, 7) is 4.29. The van der Waals surface area contributed by atoms with Crippen LogP contribution in [0.1, 0.15) is 24.7 Å². The maximum atomic E-state index is 12.1. The van der Waals surface area contributed by atoms with Crippen LogP contribution in [0.3, 0.4) is 0 Å². The van der Waals surface area contributed by atoms with Crippen LogP contribution in [0.5, 0.6) is 0 Å². The van der Waals surface area contributed by atoms with E-state index in [9.17, 15) is 4.79 Å². The minimum Gasteiger partial charge on any atom is -0.469 e. The highest BCUT2D eigenvalue weighted by atomic mass is 32.1. The van der Waals surface area contributed by atoms with Crippen molar-refractivity contribution in [1.29, 1.82) is 0 Å². The van der Waals surface area contributed by atoms with Gasteiger partial charge in [-0.05, 0) is 19.4 Å². The number of thiocarbonyl (C=S) groups is 1. The predicted molar refractivity (Wildman–Crippen MR) is 70.5 cm³/mol. The summed E-state index contributed by atoms with van der Waals surface area (Å²) in [4.78, 5) is 14.0. The molecule has 1 aromatic heterocycles. The quantitative estimate of drug-likeness (QED) is 0.815. The molecule has 1 heterocycles. The fourth-order valence-electron chi connectivity index (χ4n) is 1.67. The van der Waals surface area contributed by atoms with Crippen molar-refractivity contribution in [3.63, 3.8) is 0 Å². The summed E-state index contributed by atoms with van der Waals surface area (Å²) in [5, 5.41) is 0. The van der Waals surface area contributed by atoms with Crippen LogP contribution in [0.2, 0.25) is 0 Å². The number of hydrogen-bond donors (Lipinski definition) is 1. The van der Waals surface area contributed by atoms with Crippen LogP contribution in [-0.4, -0.2) is 22.8 Å². The molecule has 5 heteroatoms. The van der Waals surface area contributed by atoms with Crippen molar-refractivity contribution < 1.29 is 9.21 Å². The van der Waals surface area contributed by atoms with Crippen LogP contribution >= 0.6 is 12.2 Å². The van der Waals surface area contributed by atoms with Gasteiger partial charge < -0.3 is 15.1 Å². The highest BCUT2D eigenvalue weighted by Gasteiger charge is 2.23. The van der Waals surface area contributed by atoms with E-state index in [1.54, 1.807) is 18.2 Å². The average Bonchev–Trinajstić information content (AvgIpc) is 2.64. The van der Waals surface area contributed by atoms with Crippen molar-refractivity contribution in [2.75, 3.05) is 7.05 Å². The molecule has 4 nitrogen and oxygen atoms in total. The molecule has 0 aliphatic carbocycles. The smallest absolute Gasteiger partial charge is 0.232 e. The second-order valence-corrected chi connectivity index (χ2v) is 4.53. The molecule has 1 amide bonds. The van der Waals surface area contributed by atoms with Crippen molar-refractivity contribution in [1.82, 2.24) is 4.90 Å². The first-order valence-corrected chi connectivity index (χ1v) is 5.95. The van der Waals surface area contributed by atoms with Gasteiger partial charge in [0, 0.05) is 19.2 Å². The highest BCUT2D eigenvalue weighted by molar-refractivity contribution is 7.80. The van der Waals surface area contributed by atoms with Gasteiger partial charge in [-0.2, -0.15) is 0 Å². The van der Waals surface area contributed by atoms with E-state index in [0.29, 0.717) is 13.0 Å². The van der Waals surface area contributed by atoms with Crippen molar-refractivity contribution in [3.05, 3.63) is 23.7 Å². The molecule has 2 N–H and O–H groups in total. The molecule has 94 valence electrons. The van der Waals surface area contributed by atoms with Crippen LogP contribution in [0, 0.1) is 12.8 Å². The van der Waals surface area contributed by atoms with E-state index in [1.807, 2.05) is 19.9 Å². The third-order valence-electron chi connectivity index (χ3n) is 2.80. The summed E-state index contributed by atoms with van der Waals surface area (Å²) < 4.78 is 5.19. The van der Waals surface area contributed by atoms with Gasteiger partial charge in [0.25, 0.3) is 0 Å². The van der Waals surface area contributed by atoms with Crippen LogP contribution in [0.25, 0.3) is 0 Å². The van der Waals surface area contributed by atoms with Gasteiger partial charge in [0.15, 0.2) is 0 Å². The first kappa shape index (κ1) is 13.7. The highest BCUT2D eigenvalue weighted by Crippen LogP contribution is 2.14. The number of aryl methyl sites for hydroxylation is 1. The second kappa shape index (κ2) is 5.82. The topological polar surface area (TPSA) is 59.5 Å². The van der Waals surface area contributed by atoms with Gasteiger partial charge in [0.1, 0.15) is 5.76 Å². The Labute approximate surface area is 107 Å². The third kappa shape index (κ3) is 3.30. The lowest BCUT2D eigenvalue weighted by molar-refractivity contribution is -0.132. The Kier molecular flexibility index (Phi) is 4.69. The molecule has 0 aromatic carbocycles. The number of carbonyl (C=O) groups excluding carboxylic acids is 1. The zero-order valence-electron chi connectivity index (χ0n) is 10.4. The van der Waals surface area contributed by atoms with E-state index in [2.05, 4.69) is 0 Å². The summed E-state index contributed by atoms with van der Waals surface area (Å²) in [5.41, 5.74) is 6.55. The molecule has 1 rings (SSSR count). The third-order valence-corrected chi connectivity index (χ3v) is 3.08. The average molecular weight is 254 g/mol. The van der Waals surface area contributed by atoms with Gasteiger partial charge in [0.2, 0.25) is 5.91 Å².